The molecule has 2 aromatic carbocycles. The Labute approximate surface area is 102 Å². The Morgan fingerprint density at radius 3 is 2.18 bits per heavy atom. The molecule has 0 saturated heterocycles. The van der Waals surface area contributed by atoms with Gasteiger partial charge in [-0.3, -0.25) is 4.79 Å². The zero-order valence-electron chi connectivity index (χ0n) is 10.4. The molecule has 0 unspecified atom stereocenters. The molecule has 0 atom stereocenters. The number of nitrogens with one attached hydrogen (secondary N) is 1. The molecular formula is C14H18N2O. The van der Waals surface area contributed by atoms with Crippen molar-refractivity contribution in [2.45, 2.75) is 13.8 Å². The summed E-state index contributed by atoms with van der Waals surface area (Å²) in [6.07, 6.45) is 0. The highest BCUT2D eigenvalue weighted by atomic mass is 16.1. The minimum absolute atomic E-state index is 0.395. The van der Waals surface area contributed by atoms with Crippen molar-refractivity contribution in [1.29, 1.82) is 0 Å². The maximum Gasteiger partial charge on any atom is 0.249 e. The van der Waals surface area contributed by atoms with Gasteiger partial charge in [-0.1, -0.05) is 38.1 Å². The average molecular weight is 230 g/mol. The highest BCUT2D eigenvalue weighted by molar-refractivity contribution is 6.09. The molecule has 0 saturated carbocycles. The van der Waals surface area contributed by atoms with E-state index in [9.17, 15) is 4.79 Å². The zero-order chi connectivity index (χ0) is 12.8. The van der Waals surface area contributed by atoms with Crippen LogP contribution < -0.4 is 11.1 Å². The van der Waals surface area contributed by atoms with E-state index in [4.69, 9.17) is 5.73 Å². The van der Waals surface area contributed by atoms with E-state index in [1.807, 2.05) is 51.2 Å². The Bertz CT molecular complexity index is 521. The van der Waals surface area contributed by atoms with Crippen molar-refractivity contribution in [3.05, 3.63) is 42.0 Å². The summed E-state index contributed by atoms with van der Waals surface area (Å²) in [6.45, 7) is 4.00. The first-order valence-corrected chi connectivity index (χ1v) is 5.73. The molecule has 2 rings (SSSR count). The van der Waals surface area contributed by atoms with Gasteiger partial charge in [0.05, 0.1) is 0 Å². The number of fused-ring (bicyclic) bond motifs is 1. The number of amides is 1. The first-order chi connectivity index (χ1) is 8.24. The zero-order valence-corrected chi connectivity index (χ0v) is 10.4. The molecule has 3 N–H and O–H groups in total. The Hall–Kier alpha value is -2.03. The molecule has 17 heavy (non-hydrogen) atoms. The van der Waals surface area contributed by atoms with E-state index >= 15 is 0 Å². The Morgan fingerprint density at radius 1 is 1.06 bits per heavy atom. The number of nitrogens with two attached hydrogens (primary N) is 1. The lowest BCUT2D eigenvalue weighted by Crippen LogP contribution is -2.11. The van der Waals surface area contributed by atoms with Crippen LogP contribution in [0.2, 0.25) is 0 Å². The Kier molecular flexibility index (Phi) is 4.52. The standard InChI is InChI=1S/C12H12N2O.C2H6/c1-14-11-7-6-10(12(13)15)8-4-2-3-5-9(8)11;1-2/h2-7,14H,1H3,(H2,13,15);1-2H3. The topological polar surface area (TPSA) is 55.1 Å². The smallest absolute Gasteiger partial charge is 0.249 e. The van der Waals surface area contributed by atoms with Gasteiger partial charge in [-0.05, 0) is 17.5 Å². The van der Waals surface area contributed by atoms with Crippen LogP contribution in [0.15, 0.2) is 36.4 Å². The van der Waals surface area contributed by atoms with E-state index in [0.717, 1.165) is 16.5 Å². The fraction of sp³-hybridized carbons (Fsp3) is 0.214. The van der Waals surface area contributed by atoms with Crippen LogP contribution in [0.4, 0.5) is 5.69 Å². The van der Waals surface area contributed by atoms with E-state index in [0.29, 0.717) is 5.56 Å². The number of carbonyl (C=O) groups is 1. The van der Waals surface area contributed by atoms with Crippen LogP contribution in [0.5, 0.6) is 0 Å². The van der Waals surface area contributed by atoms with Gasteiger partial charge in [0.25, 0.3) is 0 Å². The summed E-state index contributed by atoms with van der Waals surface area (Å²) in [6, 6.07) is 11.3. The summed E-state index contributed by atoms with van der Waals surface area (Å²) < 4.78 is 0. The van der Waals surface area contributed by atoms with Gasteiger partial charge in [0.15, 0.2) is 0 Å². The molecule has 2 aromatic rings. The van der Waals surface area contributed by atoms with E-state index in [1.165, 1.54) is 0 Å². The van der Waals surface area contributed by atoms with E-state index in [1.54, 1.807) is 6.07 Å². The lowest BCUT2D eigenvalue weighted by atomic mass is 10.0. The number of carbonyl (C=O) groups excluding carboxylic acids is 1. The van der Waals surface area contributed by atoms with Crippen LogP contribution in [0, 0.1) is 0 Å². The Balaban J connectivity index is 0.000000686. The number of primary amides is 1. The molecule has 1 amide bonds. The van der Waals surface area contributed by atoms with Gasteiger partial charge in [0.2, 0.25) is 5.91 Å². The maximum atomic E-state index is 11.2. The second-order valence-corrected chi connectivity index (χ2v) is 3.32. The molecule has 0 bridgehead atoms. The van der Waals surface area contributed by atoms with Gasteiger partial charge in [-0.25, -0.2) is 0 Å². The SMILES string of the molecule is CC.CNc1ccc(C(N)=O)c2ccccc12. The van der Waals surface area contributed by atoms with Crippen molar-refractivity contribution >= 4 is 22.4 Å². The largest absolute Gasteiger partial charge is 0.388 e. The summed E-state index contributed by atoms with van der Waals surface area (Å²) in [4.78, 5) is 11.2. The molecule has 0 aliphatic carbocycles. The highest BCUT2D eigenvalue weighted by Crippen LogP contribution is 2.25. The van der Waals surface area contributed by atoms with Gasteiger partial charge in [-0.2, -0.15) is 0 Å². The van der Waals surface area contributed by atoms with Crippen LogP contribution >= 0.6 is 0 Å². The third-order valence-electron chi connectivity index (χ3n) is 2.46. The molecule has 0 heterocycles. The molecule has 3 nitrogen and oxygen atoms in total. The predicted octanol–water partition coefficient (Wildman–Crippen LogP) is 3.01. The van der Waals surface area contributed by atoms with Crippen molar-refractivity contribution in [2.24, 2.45) is 5.73 Å². The Morgan fingerprint density at radius 2 is 1.65 bits per heavy atom. The van der Waals surface area contributed by atoms with Gasteiger partial charge >= 0.3 is 0 Å². The fourth-order valence-electron chi connectivity index (χ4n) is 1.73. The molecule has 0 aromatic heterocycles. The first-order valence-electron chi connectivity index (χ1n) is 5.73. The van der Waals surface area contributed by atoms with Gasteiger partial charge in [0.1, 0.15) is 0 Å². The van der Waals surface area contributed by atoms with Crippen LogP contribution in [-0.4, -0.2) is 13.0 Å². The molecular weight excluding hydrogens is 212 g/mol. The number of hydrogen-bond acceptors (Lipinski definition) is 2. The quantitative estimate of drug-likeness (QED) is 0.833. The van der Waals surface area contributed by atoms with Crippen LogP contribution in [0.25, 0.3) is 10.8 Å². The van der Waals surface area contributed by atoms with Crippen LogP contribution in [0.1, 0.15) is 24.2 Å². The highest BCUT2D eigenvalue weighted by Gasteiger charge is 2.07. The molecule has 0 spiro atoms. The summed E-state index contributed by atoms with van der Waals surface area (Å²) in [7, 11) is 1.85. The second-order valence-electron chi connectivity index (χ2n) is 3.32. The minimum Gasteiger partial charge on any atom is -0.388 e. The molecule has 0 aliphatic rings. The number of rotatable bonds is 2. The molecule has 0 radical (unpaired) electrons. The van der Waals surface area contributed by atoms with E-state index in [2.05, 4.69) is 5.32 Å². The van der Waals surface area contributed by atoms with Crippen molar-refractivity contribution in [3.63, 3.8) is 0 Å². The van der Waals surface area contributed by atoms with Crippen LogP contribution in [0.3, 0.4) is 0 Å². The van der Waals surface area contributed by atoms with E-state index < -0.39 is 5.91 Å². The molecule has 0 fully saturated rings. The average Bonchev–Trinajstić information content (AvgIpc) is 2.39. The summed E-state index contributed by atoms with van der Waals surface area (Å²) in [5.41, 5.74) is 6.87. The number of hydrogen-bond donors (Lipinski definition) is 2. The fourth-order valence-corrected chi connectivity index (χ4v) is 1.73. The van der Waals surface area contributed by atoms with E-state index in [-0.39, 0.29) is 0 Å². The normalized spacial score (nSPS) is 9.35. The minimum atomic E-state index is -0.395. The first kappa shape index (κ1) is 13.0. The van der Waals surface area contributed by atoms with Crippen molar-refractivity contribution in [1.82, 2.24) is 0 Å². The number of benzene rings is 2. The van der Waals surface area contributed by atoms with Crippen molar-refractivity contribution < 1.29 is 4.79 Å². The summed E-state index contributed by atoms with van der Waals surface area (Å²) >= 11 is 0. The lowest BCUT2D eigenvalue weighted by molar-refractivity contribution is 0.100. The van der Waals surface area contributed by atoms with Gasteiger partial charge in [0, 0.05) is 23.7 Å². The summed E-state index contributed by atoms with van der Waals surface area (Å²) in [5, 5.41) is 4.98. The van der Waals surface area contributed by atoms with Gasteiger partial charge in [-0.15, -0.1) is 0 Å². The van der Waals surface area contributed by atoms with Crippen molar-refractivity contribution in [2.75, 3.05) is 12.4 Å². The van der Waals surface area contributed by atoms with Gasteiger partial charge < -0.3 is 11.1 Å². The lowest BCUT2D eigenvalue weighted by Gasteiger charge is -2.08. The summed E-state index contributed by atoms with van der Waals surface area (Å²) in [5.74, 6) is -0.395. The number of anilines is 1. The molecule has 3 heteroatoms. The maximum absolute atomic E-state index is 11.2. The van der Waals surface area contributed by atoms with Crippen molar-refractivity contribution in [3.8, 4) is 0 Å². The third-order valence-corrected chi connectivity index (χ3v) is 2.46. The van der Waals surface area contributed by atoms with Crippen LogP contribution in [-0.2, 0) is 0 Å². The predicted molar refractivity (Wildman–Crippen MR) is 73.4 cm³/mol. The molecule has 0 aliphatic heterocycles. The second kappa shape index (κ2) is 5.89. The molecule has 90 valence electrons. The third kappa shape index (κ3) is 2.56. The monoisotopic (exact) mass is 230 g/mol.